The Kier molecular flexibility index (Phi) is 5.30. The standard InChI is InChI=1S/C15H30N2/c1-3-4-13-5-7-15(8-6-13)17-11-9-14(16-2)10-12-17/h13-16H,3-12H2,1-2H3. The molecule has 100 valence electrons. The fourth-order valence-electron chi connectivity index (χ4n) is 3.76. The van der Waals surface area contributed by atoms with Crippen LogP contribution in [-0.2, 0) is 0 Å². The van der Waals surface area contributed by atoms with Crippen LogP contribution >= 0.6 is 0 Å². The van der Waals surface area contributed by atoms with Crippen molar-refractivity contribution in [1.29, 1.82) is 0 Å². The van der Waals surface area contributed by atoms with E-state index in [0.29, 0.717) is 0 Å². The minimum absolute atomic E-state index is 0.780. The molecular formula is C15H30N2. The number of nitrogens with zero attached hydrogens (tertiary/aromatic N) is 1. The lowest BCUT2D eigenvalue weighted by Gasteiger charge is -2.40. The van der Waals surface area contributed by atoms with E-state index in [1.807, 2.05) is 0 Å². The molecule has 0 bridgehead atoms. The first kappa shape index (κ1) is 13.4. The molecular weight excluding hydrogens is 208 g/mol. The van der Waals surface area contributed by atoms with E-state index >= 15 is 0 Å². The topological polar surface area (TPSA) is 15.3 Å². The summed E-state index contributed by atoms with van der Waals surface area (Å²) in [4.78, 5) is 2.77. The molecule has 2 heteroatoms. The second kappa shape index (κ2) is 6.75. The zero-order valence-electron chi connectivity index (χ0n) is 11.8. The predicted molar refractivity (Wildman–Crippen MR) is 74.3 cm³/mol. The Morgan fingerprint density at radius 3 is 2.18 bits per heavy atom. The SMILES string of the molecule is CCCC1CCC(N2CCC(NC)CC2)CC1. The summed E-state index contributed by atoms with van der Waals surface area (Å²) in [5.74, 6) is 1.05. The van der Waals surface area contributed by atoms with Crippen LogP contribution in [0.2, 0.25) is 0 Å². The minimum Gasteiger partial charge on any atom is -0.317 e. The van der Waals surface area contributed by atoms with Crippen molar-refractivity contribution in [1.82, 2.24) is 10.2 Å². The van der Waals surface area contributed by atoms with Gasteiger partial charge in [-0.25, -0.2) is 0 Å². The molecule has 0 aromatic rings. The van der Waals surface area contributed by atoms with Crippen LogP contribution in [-0.4, -0.2) is 37.1 Å². The van der Waals surface area contributed by atoms with Crippen LogP contribution in [0, 0.1) is 5.92 Å². The lowest BCUT2D eigenvalue weighted by molar-refractivity contribution is 0.102. The molecule has 1 saturated heterocycles. The lowest BCUT2D eigenvalue weighted by Crippen LogP contribution is -2.46. The van der Waals surface area contributed by atoms with Crippen molar-refractivity contribution in [2.45, 2.75) is 70.4 Å². The average Bonchev–Trinajstić information content (AvgIpc) is 2.40. The second-order valence-electron chi connectivity index (χ2n) is 6.06. The average molecular weight is 238 g/mol. The van der Waals surface area contributed by atoms with Crippen LogP contribution in [0.4, 0.5) is 0 Å². The van der Waals surface area contributed by atoms with Gasteiger partial charge in [-0.2, -0.15) is 0 Å². The summed E-state index contributed by atoms with van der Waals surface area (Å²) < 4.78 is 0. The fourth-order valence-corrected chi connectivity index (χ4v) is 3.76. The summed E-state index contributed by atoms with van der Waals surface area (Å²) in [5.41, 5.74) is 0. The summed E-state index contributed by atoms with van der Waals surface area (Å²) in [5, 5.41) is 3.42. The predicted octanol–water partition coefficient (Wildman–Crippen LogP) is 3.03. The molecule has 1 N–H and O–H groups in total. The molecule has 2 nitrogen and oxygen atoms in total. The molecule has 1 saturated carbocycles. The van der Waals surface area contributed by atoms with Crippen LogP contribution in [0.3, 0.4) is 0 Å². The molecule has 0 aromatic carbocycles. The zero-order chi connectivity index (χ0) is 12.1. The van der Waals surface area contributed by atoms with Crippen LogP contribution in [0.25, 0.3) is 0 Å². The number of hydrogen-bond donors (Lipinski definition) is 1. The normalized spacial score (nSPS) is 32.8. The smallest absolute Gasteiger partial charge is 0.00954 e. The molecule has 2 rings (SSSR count). The fraction of sp³-hybridized carbons (Fsp3) is 1.00. The Hall–Kier alpha value is -0.0800. The van der Waals surface area contributed by atoms with Gasteiger partial charge in [-0.05, 0) is 64.6 Å². The Morgan fingerprint density at radius 1 is 1.00 bits per heavy atom. The molecule has 0 unspecified atom stereocenters. The highest BCUT2D eigenvalue weighted by Gasteiger charge is 2.28. The molecule has 1 aliphatic carbocycles. The third-order valence-corrected chi connectivity index (χ3v) is 4.97. The third kappa shape index (κ3) is 3.69. The Morgan fingerprint density at radius 2 is 1.65 bits per heavy atom. The molecule has 0 spiro atoms. The Balaban J connectivity index is 1.70. The summed E-state index contributed by atoms with van der Waals surface area (Å²) in [6, 6.07) is 1.70. The number of likely N-dealkylation sites (tertiary alicyclic amines) is 1. The van der Waals surface area contributed by atoms with Gasteiger partial charge in [0.1, 0.15) is 0 Å². The molecule has 1 heterocycles. The van der Waals surface area contributed by atoms with Crippen molar-refractivity contribution in [3.63, 3.8) is 0 Å². The molecule has 0 aromatic heterocycles. The molecule has 0 atom stereocenters. The van der Waals surface area contributed by atoms with Crippen molar-refractivity contribution >= 4 is 0 Å². The maximum atomic E-state index is 3.42. The van der Waals surface area contributed by atoms with Gasteiger partial charge in [-0.3, -0.25) is 0 Å². The summed E-state index contributed by atoms with van der Waals surface area (Å²) >= 11 is 0. The molecule has 1 aliphatic heterocycles. The van der Waals surface area contributed by atoms with Gasteiger partial charge in [-0.15, -0.1) is 0 Å². The van der Waals surface area contributed by atoms with E-state index in [2.05, 4.69) is 24.2 Å². The summed E-state index contributed by atoms with van der Waals surface area (Å²) in [7, 11) is 2.11. The van der Waals surface area contributed by atoms with Crippen molar-refractivity contribution in [3.8, 4) is 0 Å². The van der Waals surface area contributed by atoms with Gasteiger partial charge < -0.3 is 10.2 Å². The minimum atomic E-state index is 0.780. The first-order valence-corrected chi connectivity index (χ1v) is 7.74. The van der Waals surface area contributed by atoms with Gasteiger partial charge in [0, 0.05) is 12.1 Å². The van der Waals surface area contributed by atoms with Crippen molar-refractivity contribution in [2.75, 3.05) is 20.1 Å². The summed E-state index contributed by atoms with van der Waals surface area (Å²) in [6.45, 7) is 4.98. The van der Waals surface area contributed by atoms with Gasteiger partial charge in [0.05, 0.1) is 0 Å². The van der Waals surface area contributed by atoms with Crippen molar-refractivity contribution in [2.24, 2.45) is 5.92 Å². The Bertz CT molecular complexity index is 201. The third-order valence-electron chi connectivity index (χ3n) is 4.97. The van der Waals surface area contributed by atoms with E-state index in [0.717, 1.165) is 18.0 Å². The quantitative estimate of drug-likeness (QED) is 0.810. The second-order valence-corrected chi connectivity index (χ2v) is 6.06. The van der Waals surface area contributed by atoms with Crippen LogP contribution in [0.1, 0.15) is 58.3 Å². The van der Waals surface area contributed by atoms with E-state index in [1.165, 1.54) is 64.5 Å². The largest absolute Gasteiger partial charge is 0.317 e. The van der Waals surface area contributed by atoms with Gasteiger partial charge in [0.2, 0.25) is 0 Å². The number of rotatable bonds is 4. The van der Waals surface area contributed by atoms with Gasteiger partial charge >= 0.3 is 0 Å². The highest BCUT2D eigenvalue weighted by atomic mass is 15.2. The van der Waals surface area contributed by atoms with Gasteiger partial charge in [-0.1, -0.05) is 19.8 Å². The maximum absolute atomic E-state index is 3.42. The van der Waals surface area contributed by atoms with Crippen LogP contribution < -0.4 is 5.32 Å². The monoisotopic (exact) mass is 238 g/mol. The van der Waals surface area contributed by atoms with Crippen LogP contribution in [0.5, 0.6) is 0 Å². The number of nitrogens with one attached hydrogen (secondary N) is 1. The first-order valence-electron chi connectivity index (χ1n) is 7.74. The van der Waals surface area contributed by atoms with E-state index < -0.39 is 0 Å². The lowest BCUT2D eigenvalue weighted by atomic mass is 9.82. The van der Waals surface area contributed by atoms with E-state index in [4.69, 9.17) is 0 Å². The van der Waals surface area contributed by atoms with E-state index in [1.54, 1.807) is 0 Å². The highest BCUT2D eigenvalue weighted by Crippen LogP contribution is 2.31. The first-order chi connectivity index (χ1) is 8.33. The number of piperidine rings is 1. The molecule has 0 amide bonds. The van der Waals surface area contributed by atoms with Gasteiger partial charge in [0.25, 0.3) is 0 Å². The highest BCUT2D eigenvalue weighted by molar-refractivity contribution is 4.84. The maximum Gasteiger partial charge on any atom is 0.00954 e. The Labute approximate surface area is 107 Å². The van der Waals surface area contributed by atoms with Gasteiger partial charge in [0.15, 0.2) is 0 Å². The molecule has 17 heavy (non-hydrogen) atoms. The van der Waals surface area contributed by atoms with E-state index in [9.17, 15) is 0 Å². The van der Waals surface area contributed by atoms with Crippen molar-refractivity contribution < 1.29 is 0 Å². The molecule has 2 fully saturated rings. The molecule has 0 radical (unpaired) electrons. The number of hydrogen-bond acceptors (Lipinski definition) is 2. The van der Waals surface area contributed by atoms with Crippen LogP contribution in [0.15, 0.2) is 0 Å². The zero-order valence-corrected chi connectivity index (χ0v) is 11.8. The summed E-state index contributed by atoms with van der Waals surface area (Å²) in [6.07, 6.45) is 11.5. The van der Waals surface area contributed by atoms with Crippen molar-refractivity contribution in [3.05, 3.63) is 0 Å². The molecule has 2 aliphatic rings. The van der Waals surface area contributed by atoms with E-state index in [-0.39, 0.29) is 0 Å².